The summed E-state index contributed by atoms with van der Waals surface area (Å²) in [6.07, 6.45) is 3.28. The molecule has 0 aliphatic carbocycles. The Morgan fingerprint density at radius 3 is 2.80 bits per heavy atom. The maximum Gasteiger partial charge on any atom is 0.179 e. The summed E-state index contributed by atoms with van der Waals surface area (Å²) in [5.41, 5.74) is 1.88. The van der Waals surface area contributed by atoms with E-state index in [0.717, 1.165) is 30.5 Å². The molecule has 1 N–H and O–H groups in total. The summed E-state index contributed by atoms with van der Waals surface area (Å²) in [6.45, 7) is 1.45. The van der Waals surface area contributed by atoms with E-state index in [-0.39, 0.29) is 11.4 Å². The van der Waals surface area contributed by atoms with E-state index in [4.69, 9.17) is 23.2 Å². The number of hydrogen-bond acceptors (Lipinski definition) is 6. The number of piperidine rings is 1. The van der Waals surface area contributed by atoms with Crippen LogP contribution in [0.4, 0.5) is 10.2 Å². The molecule has 10 heteroatoms. The molecule has 1 unspecified atom stereocenters. The van der Waals surface area contributed by atoms with Crippen LogP contribution < -0.4 is 4.90 Å². The number of nitrogens with zero attached hydrogens (tertiary/aromatic N) is 6. The average molecular weight is 444 g/mol. The number of fused-ring (bicyclic) bond motifs is 1. The molecular formula is C20H16Cl2FN7. The Kier molecular flexibility index (Phi) is 4.96. The predicted molar refractivity (Wildman–Crippen MR) is 113 cm³/mol. The van der Waals surface area contributed by atoms with Crippen LogP contribution in [0.15, 0.2) is 36.7 Å². The fourth-order valence-corrected chi connectivity index (χ4v) is 4.29. The van der Waals surface area contributed by atoms with E-state index in [9.17, 15) is 4.39 Å². The topological polar surface area (TPSA) is 83.5 Å². The van der Waals surface area contributed by atoms with Crippen molar-refractivity contribution in [3.63, 3.8) is 0 Å². The number of tetrazole rings is 1. The molecule has 1 atom stereocenters. The summed E-state index contributed by atoms with van der Waals surface area (Å²) in [7, 11) is 0. The van der Waals surface area contributed by atoms with Crippen molar-refractivity contribution in [3.8, 4) is 11.1 Å². The highest BCUT2D eigenvalue weighted by Gasteiger charge is 2.27. The molecule has 0 saturated carbocycles. The number of halogens is 3. The Hall–Kier alpha value is -2.84. The third kappa shape index (κ3) is 3.36. The number of nitrogens with one attached hydrogen (secondary N) is 1. The van der Waals surface area contributed by atoms with E-state index in [1.165, 1.54) is 12.4 Å². The Morgan fingerprint density at radius 2 is 2.00 bits per heavy atom. The molecule has 0 radical (unpaired) electrons. The normalized spacial score (nSPS) is 16.9. The first-order valence-corrected chi connectivity index (χ1v) is 10.2. The van der Waals surface area contributed by atoms with Crippen molar-refractivity contribution in [2.75, 3.05) is 18.0 Å². The lowest BCUT2D eigenvalue weighted by Gasteiger charge is -2.33. The van der Waals surface area contributed by atoms with Crippen molar-refractivity contribution >= 4 is 39.9 Å². The summed E-state index contributed by atoms with van der Waals surface area (Å²) >= 11 is 12.3. The lowest BCUT2D eigenvalue weighted by Crippen LogP contribution is -2.35. The lowest BCUT2D eigenvalue weighted by molar-refractivity contribution is 0.489. The van der Waals surface area contributed by atoms with Gasteiger partial charge in [0, 0.05) is 19.0 Å². The second-order valence-corrected chi connectivity index (χ2v) is 8.01. The smallest absolute Gasteiger partial charge is 0.179 e. The molecule has 0 amide bonds. The van der Waals surface area contributed by atoms with Crippen molar-refractivity contribution in [1.29, 1.82) is 0 Å². The summed E-state index contributed by atoms with van der Waals surface area (Å²) in [4.78, 5) is 10.9. The van der Waals surface area contributed by atoms with Crippen molar-refractivity contribution in [2.24, 2.45) is 0 Å². The SMILES string of the molecule is Fc1ccc(-c2ccc(Cl)c(Cl)c2)c2c(N3CCCC(c4nn[nH]n4)C3)ncnc12. The van der Waals surface area contributed by atoms with Crippen LogP contribution in [0.3, 0.4) is 0 Å². The number of aromatic nitrogens is 6. The second kappa shape index (κ2) is 7.77. The van der Waals surface area contributed by atoms with Gasteiger partial charge in [-0.25, -0.2) is 14.4 Å². The zero-order chi connectivity index (χ0) is 20.7. The lowest BCUT2D eigenvalue weighted by atomic mass is 9.96. The number of benzene rings is 2. The maximum atomic E-state index is 14.7. The van der Waals surface area contributed by atoms with Gasteiger partial charge >= 0.3 is 0 Å². The van der Waals surface area contributed by atoms with Gasteiger partial charge in [0.25, 0.3) is 0 Å². The molecule has 4 aromatic rings. The minimum Gasteiger partial charge on any atom is -0.355 e. The van der Waals surface area contributed by atoms with Gasteiger partial charge in [0.2, 0.25) is 0 Å². The van der Waals surface area contributed by atoms with Crippen LogP contribution >= 0.6 is 23.2 Å². The Balaban J connectivity index is 1.65. The van der Waals surface area contributed by atoms with Crippen LogP contribution in [-0.2, 0) is 0 Å². The second-order valence-electron chi connectivity index (χ2n) is 7.20. The Morgan fingerprint density at radius 1 is 1.10 bits per heavy atom. The quantitative estimate of drug-likeness (QED) is 0.496. The van der Waals surface area contributed by atoms with E-state index in [2.05, 4.69) is 35.5 Å². The third-order valence-corrected chi connectivity index (χ3v) is 6.14. The number of rotatable bonds is 3. The van der Waals surface area contributed by atoms with Gasteiger partial charge in [-0.2, -0.15) is 5.21 Å². The average Bonchev–Trinajstić information content (AvgIpc) is 3.31. The number of aromatic amines is 1. The molecule has 30 heavy (non-hydrogen) atoms. The molecule has 1 aliphatic rings. The van der Waals surface area contributed by atoms with Gasteiger partial charge in [-0.15, -0.1) is 10.2 Å². The summed E-state index contributed by atoms with van der Waals surface area (Å²) in [5.74, 6) is 1.07. The van der Waals surface area contributed by atoms with Crippen LogP contribution in [0.5, 0.6) is 0 Å². The monoisotopic (exact) mass is 443 g/mol. The van der Waals surface area contributed by atoms with E-state index in [1.54, 1.807) is 18.2 Å². The van der Waals surface area contributed by atoms with Gasteiger partial charge in [-0.3, -0.25) is 0 Å². The minimum absolute atomic E-state index is 0.115. The maximum absolute atomic E-state index is 14.7. The first kappa shape index (κ1) is 19.1. The molecule has 7 nitrogen and oxygen atoms in total. The van der Waals surface area contributed by atoms with Crippen molar-refractivity contribution in [1.82, 2.24) is 30.6 Å². The first-order chi connectivity index (χ1) is 14.6. The molecule has 1 saturated heterocycles. The zero-order valence-electron chi connectivity index (χ0n) is 15.7. The molecule has 3 heterocycles. The molecule has 0 spiro atoms. The molecule has 152 valence electrons. The third-order valence-electron chi connectivity index (χ3n) is 5.40. The molecule has 0 bridgehead atoms. The van der Waals surface area contributed by atoms with E-state index in [1.807, 2.05) is 6.07 Å². The molecule has 2 aromatic heterocycles. The minimum atomic E-state index is -0.399. The van der Waals surface area contributed by atoms with Crippen LogP contribution in [0.2, 0.25) is 10.0 Å². The van der Waals surface area contributed by atoms with Crippen molar-refractivity contribution in [2.45, 2.75) is 18.8 Å². The van der Waals surface area contributed by atoms with Gasteiger partial charge in [-0.05, 0) is 42.2 Å². The van der Waals surface area contributed by atoms with Crippen LogP contribution in [0.1, 0.15) is 24.6 Å². The fourth-order valence-electron chi connectivity index (χ4n) is 3.99. The van der Waals surface area contributed by atoms with E-state index in [0.29, 0.717) is 33.6 Å². The van der Waals surface area contributed by atoms with Crippen molar-refractivity contribution in [3.05, 3.63) is 58.3 Å². The van der Waals surface area contributed by atoms with Gasteiger partial charge in [0.05, 0.1) is 15.4 Å². The molecule has 2 aromatic carbocycles. The predicted octanol–water partition coefficient (Wildman–Crippen LogP) is 4.64. The summed E-state index contributed by atoms with van der Waals surface area (Å²) < 4.78 is 14.7. The van der Waals surface area contributed by atoms with Crippen LogP contribution in [-0.4, -0.2) is 43.7 Å². The van der Waals surface area contributed by atoms with E-state index >= 15 is 0 Å². The fraction of sp³-hybridized carbons (Fsp3) is 0.250. The standard InChI is InChI=1S/C20H16Cl2FN7/c21-14-5-3-11(8-15(14)22)13-4-6-16(23)18-17(13)20(25-10-24-18)30-7-1-2-12(9-30)19-26-28-29-27-19/h3-6,8,10,12H,1-2,7,9H2,(H,26,27,28,29). The molecular weight excluding hydrogens is 428 g/mol. The number of hydrogen-bond donors (Lipinski definition) is 1. The zero-order valence-corrected chi connectivity index (χ0v) is 17.2. The van der Waals surface area contributed by atoms with Crippen LogP contribution in [0.25, 0.3) is 22.0 Å². The molecule has 1 aliphatic heterocycles. The van der Waals surface area contributed by atoms with Crippen LogP contribution in [0, 0.1) is 5.82 Å². The Bertz CT molecular complexity index is 1220. The highest BCUT2D eigenvalue weighted by atomic mass is 35.5. The van der Waals surface area contributed by atoms with Gasteiger partial charge < -0.3 is 4.90 Å². The van der Waals surface area contributed by atoms with Crippen molar-refractivity contribution < 1.29 is 4.39 Å². The Labute approximate surface area is 181 Å². The largest absolute Gasteiger partial charge is 0.355 e. The van der Waals surface area contributed by atoms with Gasteiger partial charge in [0.15, 0.2) is 5.82 Å². The first-order valence-electron chi connectivity index (χ1n) is 9.48. The van der Waals surface area contributed by atoms with E-state index < -0.39 is 5.82 Å². The summed E-state index contributed by atoms with van der Waals surface area (Å²) in [5, 5.41) is 16.0. The molecule has 5 rings (SSSR count). The summed E-state index contributed by atoms with van der Waals surface area (Å²) in [6, 6.07) is 8.49. The molecule has 1 fully saturated rings. The number of anilines is 1. The number of H-pyrrole nitrogens is 1. The van der Waals surface area contributed by atoms with Gasteiger partial charge in [0.1, 0.15) is 23.5 Å². The van der Waals surface area contributed by atoms with Gasteiger partial charge in [-0.1, -0.05) is 40.5 Å². The highest BCUT2D eigenvalue weighted by molar-refractivity contribution is 6.42. The highest BCUT2D eigenvalue weighted by Crippen LogP contribution is 2.38.